The van der Waals surface area contributed by atoms with Gasteiger partial charge in [0.2, 0.25) is 0 Å². The molecule has 0 spiro atoms. The van der Waals surface area contributed by atoms with Gasteiger partial charge < -0.3 is 15.2 Å². The van der Waals surface area contributed by atoms with Crippen LogP contribution in [0.5, 0.6) is 11.5 Å². The average molecular weight is 316 g/mol. The number of methoxy groups -OCH3 is 2. The van der Waals surface area contributed by atoms with E-state index in [1.165, 1.54) is 19.2 Å². The summed E-state index contributed by atoms with van der Waals surface area (Å²) in [6.07, 6.45) is 0. The topological polar surface area (TPSA) is 112 Å². The van der Waals surface area contributed by atoms with Gasteiger partial charge in [-0.2, -0.15) is 0 Å². The van der Waals surface area contributed by atoms with E-state index in [0.29, 0.717) is 22.9 Å². The molecule has 0 saturated heterocycles. The van der Waals surface area contributed by atoms with E-state index < -0.39 is 4.92 Å². The van der Waals surface area contributed by atoms with Crippen LogP contribution in [0.3, 0.4) is 0 Å². The number of benzene rings is 2. The van der Waals surface area contributed by atoms with Crippen molar-refractivity contribution in [1.82, 2.24) is 0 Å². The van der Waals surface area contributed by atoms with Crippen LogP contribution < -0.4 is 15.2 Å². The van der Waals surface area contributed by atoms with Crippen molar-refractivity contribution in [1.29, 1.82) is 0 Å². The highest BCUT2D eigenvalue weighted by atomic mass is 16.6. The molecule has 2 rings (SSSR count). The number of hydrogen-bond donors (Lipinski definition) is 1. The van der Waals surface area contributed by atoms with Crippen molar-refractivity contribution >= 4 is 22.7 Å². The molecule has 2 aromatic rings. The van der Waals surface area contributed by atoms with E-state index in [-0.39, 0.29) is 11.4 Å². The Bertz CT molecular complexity index is 774. The van der Waals surface area contributed by atoms with Gasteiger partial charge in [-0.3, -0.25) is 10.1 Å². The quantitative estimate of drug-likeness (QED) is 0.389. The third-order valence-electron chi connectivity index (χ3n) is 3.19. The summed E-state index contributed by atoms with van der Waals surface area (Å²) in [5.41, 5.74) is 7.41. The zero-order chi connectivity index (χ0) is 17.0. The first-order chi connectivity index (χ1) is 11.0. The third-order valence-corrected chi connectivity index (χ3v) is 3.19. The Kier molecular flexibility index (Phi) is 4.75. The number of aryl methyl sites for hydroxylation is 1. The smallest absolute Gasteiger partial charge is 0.300 e. The van der Waals surface area contributed by atoms with Crippen molar-refractivity contribution in [3.05, 3.63) is 46.0 Å². The number of hydrogen-bond acceptors (Lipinski definition) is 7. The van der Waals surface area contributed by atoms with Gasteiger partial charge in [0.05, 0.1) is 30.9 Å². The largest absolute Gasteiger partial charge is 0.496 e. The first kappa shape index (κ1) is 16.2. The summed E-state index contributed by atoms with van der Waals surface area (Å²) in [5.74, 6) is 1.01. The van der Waals surface area contributed by atoms with Crippen molar-refractivity contribution in [3.63, 3.8) is 0 Å². The maximum atomic E-state index is 11.1. The van der Waals surface area contributed by atoms with Gasteiger partial charge in [-0.1, -0.05) is 0 Å². The van der Waals surface area contributed by atoms with Gasteiger partial charge in [0, 0.05) is 6.07 Å². The second kappa shape index (κ2) is 6.73. The molecule has 2 N–H and O–H groups in total. The van der Waals surface area contributed by atoms with Crippen LogP contribution in [-0.4, -0.2) is 19.1 Å². The van der Waals surface area contributed by atoms with Crippen molar-refractivity contribution in [2.75, 3.05) is 20.0 Å². The zero-order valence-corrected chi connectivity index (χ0v) is 12.9. The second-order valence-electron chi connectivity index (χ2n) is 4.69. The number of rotatable bonds is 5. The Balaban J connectivity index is 2.41. The molecule has 0 amide bonds. The highest BCUT2D eigenvalue weighted by Gasteiger charge is 2.15. The van der Waals surface area contributed by atoms with E-state index in [9.17, 15) is 10.1 Å². The predicted octanol–water partition coefficient (Wildman–Crippen LogP) is 3.92. The van der Waals surface area contributed by atoms with Crippen molar-refractivity contribution in [2.24, 2.45) is 10.2 Å². The lowest BCUT2D eigenvalue weighted by Gasteiger charge is -2.07. The summed E-state index contributed by atoms with van der Waals surface area (Å²) < 4.78 is 10.1. The van der Waals surface area contributed by atoms with Crippen LogP contribution in [-0.2, 0) is 0 Å². The standard InChI is InChI=1S/C15H16N4O4/c1-9-6-13(11(16)8-15(9)23-3)18-17-12-5-4-10(22-2)7-14(12)19(20)21/h4-8H,16H2,1-3H3. The summed E-state index contributed by atoms with van der Waals surface area (Å²) in [6, 6.07) is 7.66. The fraction of sp³-hybridized carbons (Fsp3) is 0.200. The van der Waals surface area contributed by atoms with Crippen LogP contribution >= 0.6 is 0 Å². The maximum Gasteiger partial charge on any atom is 0.300 e. The number of anilines is 1. The third kappa shape index (κ3) is 3.54. The van der Waals surface area contributed by atoms with Gasteiger partial charge in [0.25, 0.3) is 5.69 Å². The molecule has 0 aromatic heterocycles. The van der Waals surface area contributed by atoms with Crippen LogP contribution in [0, 0.1) is 17.0 Å². The van der Waals surface area contributed by atoms with Crippen LogP contribution in [0.2, 0.25) is 0 Å². The minimum atomic E-state index is -0.542. The van der Waals surface area contributed by atoms with Crippen molar-refractivity contribution in [2.45, 2.75) is 6.92 Å². The number of nitrogen functional groups attached to an aromatic ring is 1. The highest BCUT2D eigenvalue weighted by Crippen LogP contribution is 2.35. The van der Waals surface area contributed by atoms with Gasteiger partial charge >= 0.3 is 0 Å². The Hall–Kier alpha value is -3.16. The number of azo groups is 1. The molecular formula is C15H16N4O4. The molecule has 0 unspecified atom stereocenters. The minimum Gasteiger partial charge on any atom is -0.496 e. The van der Waals surface area contributed by atoms with Crippen LogP contribution in [0.1, 0.15) is 5.56 Å². The van der Waals surface area contributed by atoms with Crippen LogP contribution in [0.25, 0.3) is 0 Å². The van der Waals surface area contributed by atoms with Gasteiger partial charge in [-0.05, 0) is 30.7 Å². The van der Waals surface area contributed by atoms with Crippen LogP contribution in [0.4, 0.5) is 22.7 Å². The molecule has 0 saturated carbocycles. The molecule has 8 heteroatoms. The van der Waals surface area contributed by atoms with Crippen molar-refractivity contribution in [3.8, 4) is 11.5 Å². The van der Waals surface area contributed by atoms with E-state index in [1.54, 1.807) is 25.3 Å². The minimum absolute atomic E-state index is 0.115. The highest BCUT2D eigenvalue weighted by molar-refractivity contribution is 5.67. The van der Waals surface area contributed by atoms with Crippen LogP contribution in [0.15, 0.2) is 40.6 Å². The maximum absolute atomic E-state index is 11.1. The average Bonchev–Trinajstić information content (AvgIpc) is 2.54. The predicted molar refractivity (Wildman–Crippen MR) is 86.0 cm³/mol. The molecule has 0 aliphatic heterocycles. The summed E-state index contributed by atoms with van der Waals surface area (Å²) in [5, 5.41) is 19.1. The zero-order valence-electron chi connectivity index (χ0n) is 12.9. The second-order valence-corrected chi connectivity index (χ2v) is 4.69. The first-order valence-corrected chi connectivity index (χ1v) is 6.64. The lowest BCUT2D eigenvalue weighted by atomic mass is 10.2. The molecule has 0 aliphatic carbocycles. The molecule has 0 bridgehead atoms. The summed E-state index contributed by atoms with van der Waals surface area (Å²) in [4.78, 5) is 10.6. The van der Waals surface area contributed by atoms with Gasteiger partial charge in [0.1, 0.15) is 17.2 Å². The van der Waals surface area contributed by atoms with E-state index in [1.807, 2.05) is 6.92 Å². The Morgan fingerprint density at radius 3 is 2.39 bits per heavy atom. The monoisotopic (exact) mass is 316 g/mol. The fourth-order valence-corrected chi connectivity index (χ4v) is 1.96. The molecule has 2 aromatic carbocycles. The van der Waals surface area contributed by atoms with E-state index >= 15 is 0 Å². The fourth-order valence-electron chi connectivity index (χ4n) is 1.96. The lowest BCUT2D eigenvalue weighted by molar-refractivity contribution is -0.384. The Morgan fingerprint density at radius 1 is 1.09 bits per heavy atom. The molecule has 8 nitrogen and oxygen atoms in total. The van der Waals surface area contributed by atoms with E-state index in [4.69, 9.17) is 15.2 Å². The molecule has 23 heavy (non-hydrogen) atoms. The van der Waals surface area contributed by atoms with Gasteiger partial charge in [-0.25, -0.2) is 0 Å². The summed E-state index contributed by atoms with van der Waals surface area (Å²) >= 11 is 0. The molecule has 0 aliphatic rings. The molecular weight excluding hydrogens is 300 g/mol. The lowest BCUT2D eigenvalue weighted by Crippen LogP contribution is -1.92. The summed E-state index contributed by atoms with van der Waals surface area (Å²) in [6.45, 7) is 1.84. The first-order valence-electron chi connectivity index (χ1n) is 6.64. The number of nitrogens with two attached hydrogens (primary N) is 1. The number of ether oxygens (including phenoxy) is 2. The Morgan fingerprint density at radius 2 is 1.78 bits per heavy atom. The molecule has 0 atom stereocenters. The summed E-state index contributed by atoms with van der Waals surface area (Å²) in [7, 11) is 2.98. The van der Waals surface area contributed by atoms with Crippen molar-refractivity contribution < 1.29 is 14.4 Å². The normalized spacial score (nSPS) is 10.7. The molecule has 0 heterocycles. The number of nitrogens with zero attached hydrogens (tertiary/aromatic N) is 3. The molecule has 120 valence electrons. The molecule has 0 fully saturated rings. The van der Waals surface area contributed by atoms with Gasteiger partial charge in [0.15, 0.2) is 5.69 Å². The van der Waals surface area contributed by atoms with Gasteiger partial charge in [-0.15, -0.1) is 10.2 Å². The number of nitro groups is 1. The molecule has 0 radical (unpaired) electrons. The number of nitro benzene ring substituents is 1. The Labute approximate surface area is 132 Å². The SMILES string of the molecule is COc1ccc(N=Nc2cc(C)c(OC)cc2N)c([N+](=O)[O-])c1. The van der Waals surface area contributed by atoms with E-state index in [0.717, 1.165) is 5.56 Å². The van der Waals surface area contributed by atoms with E-state index in [2.05, 4.69) is 10.2 Å².